The number of hydrogen-bond acceptors (Lipinski definition) is 6. The number of thiazole rings is 1. The van der Waals surface area contributed by atoms with Crippen molar-refractivity contribution in [3.63, 3.8) is 0 Å². The quantitative estimate of drug-likeness (QED) is 0.202. The van der Waals surface area contributed by atoms with Crippen LogP contribution < -0.4 is 5.56 Å². The Hall–Kier alpha value is -4.37. The van der Waals surface area contributed by atoms with Gasteiger partial charge in [0, 0.05) is 46.5 Å². The van der Waals surface area contributed by atoms with E-state index in [1.807, 2.05) is 73.7 Å². The van der Waals surface area contributed by atoms with Gasteiger partial charge >= 0.3 is 5.97 Å². The number of hydrogen-bond donors (Lipinski definition) is 2. The van der Waals surface area contributed by atoms with Gasteiger partial charge in [-0.25, -0.2) is 4.98 Å². The summed E-state index contributed by atoms with van der Waals surface area (Å²) in [6.07, 6.45) is 3.41. The summed E-state index contributed by atoms with van der Waals surface area (Å²) in [7, 11) is 1.74. The molecule has 3 aromatic heterocycles. The molecule has 6 aromatic rings. The molecule has 224 valence electrons. The van der Waals surface area contributed by atoms with E-state index in [-0.39, 0.29) is 12.0 Å². The monoisotopic (exact) mass is 625 g/mol. The molecule has 0 aliphatic heterocycles. The number of halogens is 1. The van der Waals surface area contributed by atoms with Gasteiger partial charge in [0.25, 0.3) is 5.56 Å². The summed E-state index contributed by atoms with van der Waals surface area (Å²) < 4.78 is 2.48. The summed E-state index contributed by atoms with van der Waals surface area (Å²) in [6.45, 7) is 7.15. The predicted octanol–water partition coefficient (Wildman–Crippen LogP) is 7.91. The second-order valence-corrected chi connectivity index (χ2v) is 13.1. The van der Waals surface area contributed by atoms with Gasteiger partial charge in [-0.1, -0.05) is 35.9 Å². The van der Waals surface area contributed by atoms with Gasteiger partial charge in [0.1, 0.15) is 5.01 Å². The van der Waals surface area contributed by atoms with Gasteiger partial charge in [-0.05, 0) is 92.2 Å². The number of carbonyl (C=O) groups is 1. The lowest BCUT2D eigenvalue weighted by Crippen LogP contribution is -2.15. The number of aryl methyl sites for hydroxylation is 2. The van der Waals surface area contributed by atoms with Gasteiger partial charge in [0.15, 0.2) is 0 Å². The summed E-state index contributed by atoms with van der Waals surface area (Å²) in [5.74, 6) is -0.888. The predicted molar refractivity (Wildman–Crippen MR) is 180 cm³/mol. The molecule has 0 atom stereocenters. The first-order valence-electron chi connectivity index (χ1n) is 14.0. The van der Waals surface area contributed by atoms with Crippen molar-refractivity contribution in [1.82, 2.24) is 14.5 Å². The molecular weight excluding hydrogens is 594 g/mol. The first-order chi connectivity index (χ1) is 20.8. The zero-order valence-corrected chi connectivity index (χ0v) is 26.6. The molecule has 0 bridgehead atoms. The number of aromatic nitrogens is 3. The number of nitrogens with zero attached hydrogens (tertiary/aromatic N) is 3. The van der Waals surface area contributed by atoms with E-state index in [0.717, 1.165) is 59.7 Å². The minimum Gasteiger partial charge on any atom is -0.481 e. The van der Waals surface area contributed by atoms with E-state index in [1.54, 1.807) is 44.8 Å². The average molecular weight is 626 g/mol. The van der Waals surface area contributed by atoms with Gasteiger partial charge in [-0.2, -0.15) is 0 Å². The molecule has 0 aliphatic rings. The normalized spacial score (nSPS) is 11.4. The Morgan fingerprint density at radius 2 is 1.66 bits per heavy atom. The Bertz CT molecular complexity index is 2070. The lowest BCUT2D eigenvalue weighted by atomic mass is 9.93. The number of aliphatic carboxylic acids is 1. The molecule has 2 N–H and O–H groups in total. The maximum atomic E-state index is 12.7. The van der Waals surface area contributed by atoms with Crippen LogP contribution in [0.3, 0.4) is 0 Å². The average Bonchev–Trinajstić information content (AvgIpc) is 3.38. The smallest absolute Gasteiger partial charge is 0.307 e. The van der Waals surface area contributed by atoms with Crippen molar-refractivity contribution in [2.24, 2.45) is 7.05 Å². The van der Waals surface area contributed by atoms with Gasteiger partial charge in [-0.15, -0.1) is 11.3 Å². The molecule has 44 heavy (non-hydrogen) atoms. The molecule has 3 aromatic carbocycles. The fourth-order valence-electron chi connectivity index (χ4n) is 4.88. The Kier molecular flexibility index (Phi) is 8.70. The maximum absolute atomic E-state index is 12.7. The molecule has 0 spiro atoms. The maximum Gasteiger partial charge on any atom is 0.307 e. The highest BCUT2D eigenvalue weighted by Crippen LogP contribution is 2.41. The molecule has 0 amide bonds. The number of carboxylic acids is 1. The van der Waals surface area contributed by atoms with E-state index in [2.05, 4.69) is 4.98 Å². The largest absolute Gasteiger partial charge is 0.481 e. The van der Waals surface area contributed by atoms with Crippen molar-refractivity contribution in [3.05, 3.63) is 106 Å². The molecule has 0 aliphatic carbocycles. The third-order valence-corrected chi connectivity index (χ3v) is 8.25. The molecule has 0 radical (unpaired) electrons. The van der Waals surface area contributed by atoms with Crippen LogP contribution in [0.2, 0.25) is 5.02 Å². The second kappa shape index (κ2) is 12.3. The number of pyridine rings is 2. The van der Waals surface area contributed by atoms with Crippen LogP contribution >= 0.6 is 22.9 Å². The topological polar surface area (TPSA) is 105 Å². The minimum atomic E-state index is -0.888. The number of carboxylic acid groups (broad SMARTS) is 1. The van der Waals surface area contributed by atoms with Crippen LogP contribution in [0, 0.1) is 6.92 Å². The Morgan fingerprint density at radius 1 is 0.977 bits per heavy atom. The van der Waals surface area contributed by atoms with E-state index in [0.29, 0.717) is 10.4 Å². The molecular formula is C35H32ClN3O4S. The SMILES string of the molecule is CC(C)(C)O.Cc1cc2nc(-c3ccnc(-c4ccc5ccn(C)c(=O)c5c4)c3)sc2c(-c2ccc(Cl)cc2)c1CC(=O)O. The third kappa shape index (κ3) is 6.89. The van der Waals surface area contributed by atoms with Gasteiger partial charge in [0.05, 0.1) is 27.9 Å². The van der Waals surface area contributed by atoms with Crippen LogP contribution in [0.15, 0.2) is 83.9 Å². The van der Waals surface area contributed by atoms with Crippen molar-refractivity contribution >= 4 is 49.9 Å². The molecule has 3 heterocycles. The van der Waals surface area contributed by atoms with Crippen LogP contribution in [-0.4, -0.2) is 36.3 Å². The highest BCUT2D eigenvalue weighted by atomic mass is 35.5. The van der Waals surface area contributed by atoms with E-state index in [4.69, 9.17) is 21.7 Å². The van der Waals surface area contributed by atoms with E-state index in [1.165, 1.54) is 11.3 Å². The van der Waals surface area contributed by atoms with Gasteiger partial charge in [0.2, 0.25) is 0 Å². The molecule has 6 rings (SSSR count). The van der Waals surface area contributed by atoms with E-state index >= 15 is 0 Å². The summed E-state index contributed by atoms with van der Waals surface area (Å²) in [5.41, 5.74) is 6.12. The minimum absolute atomic E-state index is 0.0565. The van der Waals surface area contributed by atoms with Crippen molar-refractivity contribution in [1.29, 1.82) is 0 Å². The molecule has 0 unspecified atom stereocenters. The van der Waals surface area contributed by atoms with Crippen LogP contribution in [0.25, 0.3) is 53.9 Å². The molecule has 0 fully saturated rings. The highest BCUT2D eigenvalue weighted by molar-refractivity contribution is 7.22. The summed E-state index contributed by atoms with van der Waals surface area (Å²) in [4.78, 5) is 33.9. The highest BCUT2D eigenvalue weighted by Gasteiger charge is 2.20. The first-order valence-corrected chi connectivity index (χ1v) is 15.2. The van der Waals surface area contributed by atoms with Crippen LogP contribution in [0.5, 0.6) is 0 Å². The van der Waals surface area contributed by atoms with Crippen molar-refractivity contribution in [2.75, 3.05) is 0 Å². The molecule has 9 heteroatoms. The fraction of sp³-hybridized carbons (Fsp3) is 0.200. The number of rotatable bonds is 5. The third-order valence-electron chi connectivity index (χ3n) is 6.86. The van der Waals surface area contributed by atoms with Gasteiger partial charge in [-0.3, -0.25) is 14.6 Å². The van der Waals surface area contributed by atoms with Crippen molar-refractivity contribution in [2.45, 2.75) is 39.7 Å². The van der Waals surface area contributed by atoms with Crippen molar-refractivity contribution < 1.29 is 15.0 Å². The van der Waals surface area contributed by atoms with E-state index in [9.17, 15) is 14.7 Å². The summed E-state index contributed by atoms with van der Waals surface area (Å²) in [6, 6.07) is 21.0. The van der Waals surface area contributed by atoms with Crippen molar-refractivity contribution in [3.8, 4) is 33.0 Å². The van der Waals surface area contributed by atoms with Crippen LogP contribution in [-0.2, 0) is 18.3 Å². The lowest BCUT2D eigenvalue weighted by molar-refractivity contribution is -0.136. The Morgan fingerprint density at radius 3 is 2.34 bits per heavy atom. The number of aliphatic hydroxyl groups is 1. The number of benzene rings is 3. The lowest BCUT2D eigenvalue weighted by Gasteiger charge is -2.13. The Balaban J connectivity index is 0.000000712. The second-order valence-electron chi connectivity index (χ2n) is 11.6. The zero-order chi connectivity index (χ0) is 31.8. The standard InChI is InChI=1S/C31H22ClN3O3S.C4H10O/c1-17-13-26-29(28(23(17)16-27(36)37)19-5-7-22(32)8-6-19)39-30(34-26)21-9-11-33-25(15-21)20-4-3-18-10-12-35(2)31(38)24(18)14-20;1-4(2,3)5/h3-15H,16H2,1-2H3,(H,36,37);5H,1-3H3. The molecule has 7 nitrogen and oxygen atoms in total. The Labute approximate surface area is 264 Å². The molecule has 0 saturated heterocycles. The van der Waals surface area contributed by atoms with Crippen LogP contribution in [0.4, 0.5) is 0 Å². The summed E-state index contributed by atoms with van der Waals surface area (Å²) in [5, 5.41) is 21.1. The molecule has 0 saturated carbocycles. The summed E-state index contributed by atoms with van der Waals surface area (Å²) >= 11 is 7.66. The first kappa shape index (κ1) is 31.1. The zero-order valence-electron chi connectivity index (χ0n) is 25.1. The van der Waals surface area contributed by atoms with Gasteiger partial charge < -0.3 is 14.8 Å². The van der Waals surface area contributed by atoms with Crippen LogP contribution in [0.1, 0.15) is 31.9 Å². The fourth-order valence-corrected chi connectivity index (χ4v) is 6.14. The number of fused-ring (bicyclic) bond motifs is 2. The van der Waals surface area contributed by atoms with E-state index < -0.39 is 11.6 Å².